The van der Waals surface area contributed by atoms with Gasteiger partial charge in [-0.3, -0.25) is 4.79 Å². The fourth-order valence-electron chi connectivity index (χ4n) is 1.98. The van der Waals surface area contributed by atoms with E-state index in [1.165, 1.54) is 6.33 Å². The van der Waals surface area contributed by atoms with Crippen molar-refractivity contribution in [2.45, 2.75) is 0 Å². The van der Waals surface area contributed by atoms with Gasteiger partial charge in [0.15, 0.2) is 0 Å². The van der Waals surface area contributed by atoms with E-state index in [2.05, 4.69) is 9.97 Å². The van der Waals surface area contributed by atoms with Gasteiger partial charge in [0.2, 0.25) is 0 Å². The second-order valence-electron chi connectivity index (χ2n) is 4.08. The number of halogens is 1. The molecule has 5 heteroatoms. The number of nitrogens with zero attached hydrogens (tertiary/aromatic N) is 3. The number of amides is 1. The highest BCUT2D eigenvalue weighted by molar-refractivity contribution is 6.34. The Bertz CT molecular complexity index is 646. The molecular weight excluding hydrogens is 250 g/mol. The predicted octanol–water partition coefficient (Wildman–Crippen LogP) is 2.30. The molecule has 0 aliphatic carbocycles. The van der Waals surface area contributed by atoms with Crippen LogP contribution in [0.3, 0.4) is 0 Å². The number of carbonyl (C=O) groups is 1. The van der Waals surface area contributed by atoms with E-state index < -0.39 is 0 Å². The molecular formula is C13H10ClN3O. The SMILES string of the molecule is O=C(c1ccc2c(Cl)ncnc2c1)N1CC=CC1. The molecule has 4 nitrogen and oxygen atoms in total. The monoisotopic (exact) mass is 259 g/mol. The Kier molecular flexibility index (Phi) is 2.72. The highest BCUT2D eigenvalue weighted by atomic mass is 35.5. The van der Waals surface area contributed by atoms with Crippen molar-refractivity contribution in [2.24, 2.45) is 0 Å². The fraction of sp³-hybridized carbons (Fsp3) is 0.154. The van der Waals surface area contributed by atoms with Gasteiger partial charge < -0.3 is 4.90 Å². The first kappa shape index (κ1) is 11.2. The minimum absolute atomic E-state index is 0.0108. The van der Waals surface area contributed by atoms with Gasteiger partial charge in [0, 0.05) is 24.0 Å². The lowest BCUT2D eigenvalue weighted by atomic mass is 10.1. The molecule has 0 fully saturated rings. The third kappa shape index (κ3) is 1.84. The molecule has 0 radical (unpaired) electrons. The normalized spacial score (nSPS) is 14.4. The number of hydrogen-bond acceptors (Lipinski definition) is 3. The largest absolute Gasteiger partial charge is 0.331 e. The van der Waals surface area contributed by atoms with Crippen molar-refractivity contribution in [3.05, 3.63) is 47.4 Å². The Balaban J connectivity index is 2.00. The van der Waals surface area contributed by atoms with Gasteiger partial charge in [0.05, 0.1) is 5.52 Å². The van der Waals surface area contributed by atoms with Gasteiger partial charge in [-0.25, -0.2) is 9.97 Å². The van der Waals surface area contributed by atoms with Crippen LogP contribution in [0.5, 0.6) is 0 Å². The summed E-state index contributed by atoms with van der Waals surface area (Å²) in [6, 6.07) is 5.30. The van der Waals surface area contributed by atoms with Crippen LogP contribution >= 0.6 is 11.6 Å². The smallest absolute Gasteiger partial charge is 0.254 e. The summed E-state index contributed by atoms with van der Waals surface area (Å²) in [7, 11) is 0. The van der Waals surface area contributed by atoms with E-state index in [4.69, 9.17) is 11.6 Å². The fourth-order valence-corrected chi connectivity index (χ4v) is 2.19. The molecule has 0 saturated carbocycles. The topological polar surface area (TPSA) is 46.1 Å². The molecule has 0 spiro atoms. The summed E-state index contributed by atoms with van der Waals surface area (Å²) < 4.78 is 0. The lowest BCUT2D eigenvalue weighted by Crippen LogP contribution is -2.28. The second-order valence-corrected chi connectivity index (χ2v) is 4.44. The van der Waals surface area contributed by atoms with Crippen molar-refractivity contribution in [3.63, 3.8) is 0 Å². The van der Waals surface area contributed by atoms with Gasteiger partial charge in [0.25, 0.3) is 5.91 Å². The highest BCUT2D eigenvalue weighted by Gasteiger charge is 2.16. The van der Waals surface area contributed by atoms with Crippen molar-refractivity contribution in [1.82, 2.24) is 14.9 Å². The first-order valence-corrected chi connectivity index (χ1v) is 5.98. The summed E-state index contributed by atoms with van der Waals surface area (Å²) in [6.45, 7) is 1.34. The number of fused-ring (bicyclic) bond motifs is 1. The molecule has 0 N–H and O–H groups in total. The maximum absolute atomic E-state index is 12.2. The van der Waals surface area contributed by atoms with Crippen LogP contribution in [0.4, 0.5) is 0 Å². The van der Waals surface area contributed by atoms with Crippen LogP contribution in [-0.2, 0) is 0 Å². The molecule has 0 saturated heterocycles. The molecule has 1 amide bonds. The maximum Gasteiger partial charge on any atom is 0.254 e. The quantitative estimate of drug-likeness (QED) is 0.583. The van der Waals surface area contributed by atoms with E-state index in [0.717, 1.165) is 5.39 Å². The van der Waals surface area contributed by atoms with Gasteiger partial charge in [-0.2, -0.15) is 0 Å². The summed E-state index contributed by atoms with van der Waals surface area (Å²) in [5.74, 6) is 0.0108. The molecule has 1 aromatic heterocycles. The lowest BCUT2D eigenvalue weighted by Gasteiger charge is -2.15. The third-order valence-corrected chi connectivity index (χ3v) is 3.24. The molecule has 2 heterocycles. The lowest BCUT2D eigenvalue weighted by molar-refractivity contribution is 0.0800. The molecule has 0 atom stereocenters. The van der Waals surface area contributed by atoms with Gasteiger partial charge in [-0.05, 0) is 18.2 Å². The van der Waals surface area contributed by atoms with E-state index in [0.29, 0.717) is 29.3 Å². The van der Waals surface area contributed by atoms with Crippen molar-refractivity contribution < 1.29 is 4.79 Å². The van der Waals surface area contributed by atoms with Crippen LogP contribution in [0.1, 0.15) is 10.4 Å². The van der Waals surface area contributed by atoms with E-state index in [-0.39, 0.29) is 5.91 Å². The van der Waals surface area contributed by atoms with E-state index in [1.807, 2.05) is 12.2 Å². The Labute approximate surface area is 109 Å². The summed E-state index contributed by atoms with van der Waals surface area (Å²) in [5.41, 5.74) is 1.31. The third-order valence-electron chi connectivity index (χ3n) is 2.94. The molecule has 1 aromatic carbocycles. The van der Waals surface area contributed by atoms with Crippen LogP contribution in [0.2, 0.25) is 5.15 Å². The summed E-state index contributed by atoms with van der Waals surface area (Å²) in [4.78, 5) is 22.0. The van der Waals surface area contributed by atoms with Crippen molar-refractivity contribution in [2.75, 3.05) is 13.1 Å². The van der Waals surface area contributed by atoms with E-state index in [1.54, 1.807) is 23.1 Å². The van der Waals surface area contributed by atoms with E-state index in [9.17, 15) is 4.79 Å². The zero-order valence-corrected chi connectivity index (χ0v) is 10.3. The molecule has 3 rings (SSSR count). The Morgan fingerprint density at radius 3 is 2.78 bits per heavy atom. The maximum atomic E-state index is 12.2. The number of benzene rings is 1. The summed E-state index contributed by atoms with van der Waals surface area (Å²) in [5, 5.41) is 1.16. The first-order chi connectivity index (χ1) is 8.75. The van der Waals surface area contributed by atoms with Crippen LogP contribution in [0.15, 0.2) is 36.7 Å². The summed E-state index contributed by atoms with van der Waals surface area (Å²) in [6.07, 6.45) is 5.37. The Hall–Kier alpha value is -1.94. The average molecular weight is 260 g/mol. The zero-order valence-electron chi connectivity index (χ0n) is 9.51. The minimum atomic E-state index is 0.0108. The Morgan fingerprint density at radius 2 is 2.00 bits per heavy atom. The number of rotatable bonds is 1. The number of carbonyl (C=O) groups excluding carboxylic acids is 1. The van der Waals surface area contributed by atoms with Crippen LogP contribution in [0, 0.1) is 0 Å². The van der Waals surface area contributed by atoms with E-state index >= 15 is 0 Å². The van der Waals surface area contributed by atoms with Gasteiger partial charge in [-0.1, -0.05) is 23.8 Å². The Morgan fingerprint density at radius 1 is 1.22 bits per heavy atom. The number of aromatic nitrogens is 2. The van der Waals surface area contributed by atoms with Crippen molar-refractivity contribution in [3.8, 4) is 0 Å². The van der Waals surface area contributed by atoms with Gasteiger partial charge in [0.1, 0.15) is 11.5 Å². The van der Waals surface area contributed by atoms with Crippen molar-refractivity contribution in [1.29, 1.82) is 0 Å². The van der Waals surface area contributed by atoms with Gasteiger partial charge >= 0.3 is 0 Å². The minimum Gasteiger partial charge on any atom is -0.331 e. The molecule has 1 aliphatic heterocycles. The molecule has 0 bridgehead atoms. The molecule has 1 aliphatic rings. The standard InChI is InChI=1S/C13H10ClN3O/c14-12-10-4-3-9(7-11(10)15-8-16-12)13(18)17-5-1-2-6-17/h1-4,7-8H,5-6H2. The van der Waals surface area contributed by atoms with Crippen LogP contribution in [0.25, 0.3) is 10.9 Å². The molecule has 90 valence electrons. The van der Waals surface area contributed by atoms with Crippen molar-refractivity contribution >= 4 is 28.4 Å². The van der Waals surface area contributed by atoms with Gasteiger partial charge in [-0.15, -0.1) is 0 Å². The first-order valence-electron chi connectivity index (χ1n) is 5.60. The second kappa shape index (κ2) is 4.38. The predicted molar refractivity (Wildman–Crippen MR) is 69.6 cm³/mol. The molecule has 0 unspecified atom stereocenters. The highest BCUT2D eigenvalue weighted by Crippen LogP contribution is 2.21. The van der Waals surface area contributed by atoms with Crippen LogP contribution < -0.4 is 0 Å². The van der Waals surface area contributed by atoms with Crippen LogP contribution in [-0.4, -0.2) is 33.9 Å². The molecule has 2 aromatic rings. The molecule has 18 heavy (non-hydrogen) atoms. The number of hydrogen-bond donors (Lipinski definition) is 0. The average Bonchev–Trinajstić information content (AvgIpc) is 2.91. The summed E-state index contributed by atoms with van der Waals surface area (Å²) >= 11 is 5.96. The zero-order chi connectivity index (χ0) is 12.5.